The quantitative estimate of drug-likeness (QED) is 0.598. The van der Waals surface area contributed by atoms with E-state index in [1.54, 1.807) is 18.0 Å². The zero-order chi connectivity index (χ0) is 20.6. The van der Waals surface area contributed by atoms with Crippen molar-refractivity contribution in [2.24, 2.45) is 0 Å². The molecule has 0 saturated carbocycles. The second-order valence-electron chi connectivity index (χ2n) is 6.51. The third-order valence-electron chi connectivity index (χ3n) is 4.29. The zero-order valence-electron chi connectivity index (χ0n) is 15.9. The number of carbonyl (C=O) groups is 1. The fraction of sp³-hybridized carbons (Fsp3) is 0.227. The molecule has 148 valence electrons. The number of alkyl halides is 2. The van der Waals surface area contributed by atoms with Crippen LogP contribution in [0.15, 0.2) is 61.2 Å². The number of rotatable bonds is 6. The van der Waals surface area contributed by atoms with Gasteiger partial charge in [-0.05, 0) is 24.5 Å². The molecular formula is C22H20F2N4O. The summed E-state index contributed by atoms with van der Waals surface area (Å²) < 4.78 is 25.6. The molecule has 0 saturated heterocycles. The number of benzene rings is 1. The highest BCUT2D eigenvalue weighted by Crippen LogP contribution is 2.10. The number of carbonyl (C=O) groups excluding carboxylic acids is 1. The van der Waals surface area contributed by atoms with E-state index in [1.807, 2.05) is 18.2 Å². The Kier molecular flexibility index (Phi) is 6.69. The van der Waals surface area contributed by atoms with Crippen LogP contribution >= 0.6 is 0 Å². The zero-order valence-corrected chi connectivity index (χ0v) is 15.9. The van der Waals surface area contributed by atoms with Crippen LogP contribution in [0.3, 0.4) is 0 Å². The van der Waals surface area contributed by atoms with Crippen molar-refractivity contribution in [3.8, 4) is 11.8 Å². The molecule has 0 N–H and O–H groups in total. The van der Waals surface area contributed by atoms with E-state index >= 15 is 0 Å². The van der Waals surface area contributed by atoms with Crippen LogP contribution in [0.1, 0.15) is 40.0 Å². The Morgan fingerprint density at radius 1 is 1.14 bits per heavy atom. The Hall–Kier alpha value is -3.53. The van der Waals surface area contributed by atoms with Crippen molar-refractivity contribution in [2.45, 2.75) is 19.4 Å². The lowest BCUT2D eigenvalue weighted by molar-refractivity contribution is 0.0565. The molecule has 2 aromatic heterocycles. The van der Waals surface area contributed by atoms with Crippen LogP contribution in [0.4, 0.5) is 8.78 Å². The van der Waals surface area contributed by atoms with Crippen molar-refractivity contribution in [1.82, 2.24) is 19.7 Å². The molecule has 1 amide bonds. The minimum Gasteiger partial charge on any atom is -0.342 e. The molecule has 0 spiro atoms. The molecule has 3 aromatic rings. The van der Waals surface area contributed by atoms with E-state index < -0.39 is 6.55 Å². The number of halogens is 2. The predicted molar refractivity (Wildman–Crippen MR) is 105 cm³/mol. The predicted octanol–water partition coefficient (Wildman–Crippen LogP) is 3.78. The van der Waals surface area contributed by atoms with Crippen molar-refractivity contribution in [2.75, 3.05) is 13.6 Å². The Bertz CT molecular complexity index is 1020. The minimum atomic E-state index is -2.70. The van der Waals surface area contributed by atoms with E-state index in [-0.39, 0.29) is 5.91 Å². The summed E-state index contributed by atoms with van der Waals surface area (Å²) in [7, 11) is 1.75. The number of aryl methyl sites for hydroxylation is 1. The average molecular weight is 394 g/mol. The van der Waals surface area contributed by atoms with Gasteiger partial charge in [-0.15, -0.1) is 0 Å². The summed E-state index contributed by atoms with van der Waals surface area (Å²) in [5.74, 6) is 5.44. The smallest absolute Gasteiger partial charge is 0.333 e. The van der Waals surface area contributed by atoms with Gasteiger partial charge < -0.3 is 4.90 Å². The van der Waals surface area contributed by atoms with Gasteiger partial charge >= 0.3 is 6.55 Å². The van der Waals surface area contributed by atoms with Gasteiger partial charge in [0.15, 0.2) is 0 Å². The molecular weight excluding hydrogens is 374 g/mol. The minimum absolute atomic E-state index is 0.139. The largest absolute Gasteiger partial charge is 0.342 e. The topological polar surface area (TPSA) is 51.0 Å². The average Bonchev–Trinajstić information content (AvgIpc) is 3.22. The summed E-state index contributed by atoms with van der Waals surface area (Å²) in [5.41, 5.74) is 2.56. The highest BCUT2D eigenvalue weighted by molar-refractivity contribution is 5.94. The van der Waals surface area contributed by atoms with Crippen LogP contribution in [0.5, 0.6) is 0 Å². The van der Waals surface area contributed by atoms with Gasteiger partial charge in [0.05, 0.1) is 17.3 Å². The molecule has 3 rings (SSSR count). The molecule has 0 aliphatic carbocycles. The monoisotopic (exact) mass is 394 g/mol. The molecule has 7 heteroatoms. The first-order chi connectivity index (χ1) is 14.0. The standard InChI is InChI=1S/C22H20F2N4O/c1-27(11-5-8-17-6-3-2-4-7-17)21(29)20-12-18(13-25-15-20)9-10-19-14-26-28(16-19)22(23)24/h2-4,6-7,12-16,22H,5,8,11H2,1H3. The molecule has 0 unspecified atom stereocenters. The molecule has 0 aliphatic heterocycles. The molecule has 0 bridgehead atoms. The summed E-state index contributed by atoms with van der Waals surface area (Å²) in [6.45, 7) is -2.08. The van der Waals surface area contributed by atoms with Crippen LogP contribution in [0.25, 0.3) is 0 Å². The van der Waals surface area contributed by atoms with Gasteiger partial charge in [-0.3, -0.25) is 9.78 Å². The summed E-state index contributed by atoms with van der Waals surface area (Å²) in [6, 6.07) is 11.8. The van der Waals surface area contributed by atoms with Crippen LogP contribution in [0.2, 0.25) is 0 Å². The van der Waals surface area contributed by atoms with Crippen molar-refractivity contribution in [1.29, 1.82) is 0 Å². The van der Waals surface area contributed by atoms with Gasteiger partial charge in [-0.2, -0.15) is 13.9 Å². The lowest BCUT2D eigenvalue weighted by Gasteiger charge is -2.17. The third kappa shape index (κ3) is 5.72. The second kappa shape index (κ2) is 9.60. The van der Waals surface area contributed by atoms with E-state index in [9.17, 15) is 13.6 Å². The Labute approximate surface area is 168 Å². The van der Waals surface area contributed by atoms with Crippen LogP contribution in [-0.4, -0.2) is 39.2 Å². The number of aromatic nitrogens is 3. The molecule has 1 aromatic carbocycles. The number of amides is 1. The first-order valence-corrected chi connectivity index (χ1v) is 9.11. The van der Waals surface area contributed by atoms with Gasteiger partial charge in [0, 0.05) is 37.7 Å². The molecule has 0 fully saturated rings. The van der Waals surface area contributed by atoms with Gasteiger partial charge in [0.1, 0.15) is 0 Å². The summed E-state index contributed by atoms with van der Waals surface area (Å²) in [5, 5.41) is 3.54. The fourth-order valence-electron chi connectivity index (χ4n) is 2.77. The maximum Gasteiger partial charge on any atom is 0.333 e. The highest BCUT2D eigenvalue weighted by Gasteiger charge is 2.12. The molecule has 0 aliphatic rings. The van der Waals surface area contributed by atoms with E-state index in [2.05, 4.69) is 34.1 Å². The molecule has 0 radical (unpaired) electrons. The van der Waals surface area contributed by atoms with Gasteiger partial charge in [-0.1, -0.05) is 42.2 Å². The maximum atomic E-state index is 12.6. The van der Waals surface area contributed by atoms with Crippen molar-refractivity contribution >= 4 is 5.91 Å². The maximum absolute atomic E-state index is 12.6. The third-order valence-corrected chi connectivity index (χ3v) is 4.29. The van der Waals surface area contributed by atoms with Crippen molar-refractivity contribution < 1.29 is 13.6 Å². The molecule has 29 heavy (non-hydrogen) atoms. The Balaban J connectivity index is 1.60. The first-order valence-electron chi connectivity index (χ1n) is 9.11. The number of nitrogens with zero attached hydrogens (tertiary/aromatic N) is 4. The fourth-order valence-corrected chi connectivity index (χ4v) is 2.77. The van der Waals surface area contributed by atoms with Crippen LogP contribution < -0.4 is 0 Å². The van der Waals surface area contributed by atoms with E-state index in [0.717, 1.165) is 12.8 Å². The number of hydrogen-bond donors (Lipinski definition) is 0. The summed E-state index contributed by atoms with van der Waals surface area (Å²) >= 11 is 0. The van der Waals surface area contributed by atoms with E-state index in [4.69, 9.17) is 0 Å². The normalized spacial score (nSPS) is 10.5. The van der Waals surface area contributed by atoms with E-state index in [0.29, 0.717) is 27.9 Å². The number of pyridine rings is 1. The van der Waals surface area contributed by atoms with Crippen molar-refractivity contribution in [3.05, 3.63) is 83.4 Å². The summed E-state index contributed by atoms with van der Waals surface area (Å²) in [4.78, 5) is 18.4. The highest BCUT2D eigenvalue weighted by atomic mass is 19.3. The Morgan fingerprint density at radius 2 is 1.90 bits per heavy atom. The van der Waals surface area contributed by atoms with Crippen molar-refractivity contribution in [3.63, 3.8) is 0 Å². The lowest BCUT2D eigenvalue weighted by Crippen LogP contribution is -2.28. The van der Waals surface area contributed by atoms with Crippen LogP contribution in [0, 0.1) is 11.8 Å². The second-order valence-corrected chi connectivity index (χ2v) is 6.51. The Morgan fingerprint density at radius 3 is 2.62 bits per heavy atom. The first kappa shape index (κ1) is 20.2. The molecule has 2 heterocycles. The SMILES string of the molecule is CN(CCCc1ccccc1)C(=O)c1cncc(C#Cc2cnn(C(F)F)c2)c1. The van der Waals surface area contributed by atoms with Gasteiger partial charge in [0.25, 0.3) is 5.91 Å². The molecule has 0 atom stereocenters. The summed E-state index contributed by atoms with van der Waals surface area (Å²) in [6.07, 6.45) is 7.21. The van der Waals surface area contributed by atoms with Gasteiger partial charge in [0.2, 0.25) is 0 Å². The van der Waals surface area contributed by atoms with Gasteiger partial charge in [-0.25, -0.2) is 4.68 Å². The number of hydrogen-bond acceptors (Lipinski definition) is 3. The van der Waals surface area contributed by atoms with E-state index in [1.165, 1.54) is 30.4 Å². The van der Waals surface area contributed by atoms with Crippen LogP contribution in [-0.2, 0) is 6.42 Å². The lowest BCUT2D eigenvalue weighted by atomic mass is 10.1. The molecule has 5 nitrogen and oxygen atoms in total.